The third-order valence-corrected chi connectivity index (χ3v) is 0.916. The first-order valence-electron chi connectivity index (χ1n) is 1.68. The summed E-state index contributed by atoms with van der Waals surface area (Å²) in [7, 11) is -5.91. The normalized spacial score (nSPS) is 8.00. The standard InChI is InChI=1S/CN2O5S2/c4-1(2-9(5)6)3-10(7)8. The summed E-state index contributed by atoms with van der Waals surface area (Å²) in [5.41, 5.74) is 0. The zero-order valence-corrected chi connectivity index (χ0v) is 5.89. The van der Waals surface area contributed by atoms with Gasteiger partial charge in [0, 0.05) is 0 Å². The maximum absolute atomic E-state index is 9.94. The number of urea groups is 1. The van der Waals surface area contributed by atoms with Gasteiger partial charge in [0.2, 0.25) is 0 Å². The molecule has 0 aliphatic rings. The zero-order chi connectivity index (χ0) is 8.15. The van der Waals surface area contributed by atoms with E-state index in [1.807, 2.05) is 0 Å². The van der Waals surface area contributed by atoms with E-state index in [0.29, 0.717) is 0 Å². The summed E-state index contributed by atoms with van der Waals surface area (Å²) in [6, 6.07) is -1.57. The molecule has 0 fully saturated rings. The van der Waals surface area contributed by atoms with Crippen LogP contribution in [-0.2, 0) is 21.0 Å². The lowest BCUT2D eigenvalue weighted by molar-refractivity contribution is 0.257. The molecule has 0 saturated carbocycles. The summed E-state index contributed by atoms with van der Waals surface area (Å²) < 4.78 is 42.6. The largest absolute Gasteiger partial charge is 0.396 e. The van der Waals surface area contributed by atoms with Crippen LogP contribution in [0.1, 0.15) is 0 Å². The molecule has 0 aliphatic carbocycles. The first-order chi connectivity index (χ1) is 4.52. The first kappa shape index (κ1) is 8.91. The van der Waals surface area contributed by atoms with Gasteiger partial charge in [-0.3, -0.25) is 0 Å². The number of amides is 2. The van der Waals surface area contributed by atoms with Crippen LogP contribution in [0.25, 0.3) is 0 Å². The molecule has 10 heavy (non-hydrogen) atoms. The maximum Gasteiger partial charge on any atom is 0.396 e. The van der Waals surface area contributed by atoms with Crippen molar-refractivity contribution in [3.63, 3.8) is 0 Å². The fourth-order valence-corrected chi connectivity index (χ4v) is 0.533. The molecule has 9 heteroatoms. The van der Waals surface area contributed by atoms with Gasteiger partial charge in [-0.05, 0) is 0 Å². The van der Waals surface area contributed by atoms with Crippen LogP contribution in [0.5, 0.6) is 0 Å². The average Bonchev–Trinajstić information content (AvgIpc) is 1.58. The molecule has 0 aromatic carbocycles. The van der Waals surface area contributed by atoms with Crippen LogP contribution in [0.15, 0.2) is 8.73 Å². The Hall–Kier alpha value is -1.09. The average molecular weight is 184 g/mol. The third-order valence-electron chi connectivity index (χ3n) is 0.305. The molecule has 0 aromatic rings. The quantitative estimate of drug-likeness (QED) is 0.491. The zero-order valence-electron chi connectivity index (χ0n) is 4.25. The van der Waals surface area contributed by atoms with Crippen molar-refractivity contribution < 1.29 is 21.6 Å². The second-order valence-electron chi connectivity index (χ2n) is 0.899. The molecule has 0 N–H and O–H groups in total. The molecule has 0 aromatic heterocycles. The Labute approximate surface area is 58.1 Å². The molecule has 0 unspecified atom stereocenters. The highest BCUT2D eigenvalue weighted by molar-refractivity contribution is 7.63. The monoisotopic (exact) mass is 184 g/mol. The van der Waals surface area contributed by atoms with E-state index in [2.05, 4.69) is 8.73 Å². The predicted octanol–water partition coefficient (Wildman–Crippen LogP) is -0.768. The second-order valence-corrected chi connectivity index (χ2v) is 2.13. The molecule has 0 heterocycles. The Bertz CT molecular complexity index is 329. The van der Waals surface area contributed by atoms with E-state index in [1.54, 1.807) is 0 Å². The Balaban J connectivity index is 4.78. The lowest BCUT2D eigenvalue weighted by Crippen LogP contribution is -1.80. The molecule has 0 aliphatic heterocycles. The lowest BCUT2D eigenvalue weighted by Gasteiger charge is -1.64. The van der Waals surface area contributed by atoms with Gasteiger partial charge in [0.15, 0.2) is 0 Å². The van der Waals surface area contributed by atoms with Gasteiger partial charge in [0.1, 0.15) is 0 Å². The van der Waals surface area contributed by atoms with Crippen molar-refractivity contribution in [1.29, 1.82) is 0 Å². The summed E-state index contributed by atoms with van der Waals surface area (Å²) in [6.07, 6.45) is 0. The topological polar surface area (TPSA) is 110 Å². The molecule has 0 saturated heterocycles. The van der Waals surface area contributed by atoms with Crippen molar-refractivity contribution in [3.05, 3.63) is 0 Å². The molecule has 0 bridgehead atoms. The molecule has 0 spiro atoms. The van der Waals surface area contributed by atoms with Crippen molar-refractivity contribution >= 4 is 27.0 Å². The summed E-state index contributed by atoms with van der Waals surface area (Å²) in [6.45, 7) is 0. The molecule has 0 radical (unpaired) electrons. The Morgan fingerprint density at radius 2 is 1.20 bits per heavy atom. The van der Waals surface area contributed by atoms with Gasteiger partial charge in [-0.15, -0.1) is 0 Å². The minimum Gasteiger partial charge on any atom is -0.241 e. The summed E-state index contributed by atoms with van der Waals surface area (Å²) >= 11 is 0. The first-order valence-corrected chi connectivity index (χ1v) is 3.75. The van der Waals surface area contributed by atoms with Crippen LogP contribution in [0.4, 0.5) is 4.79 Å². The molecular formula is CN2O5S2. The minimum absolute atomic E-state index is 1.57. The van der Waals surface area contributed by atoms with E-state index >= 15 is 0 Å². The van der Waals surface area contributed by atoms with Crippen molar-refractivity contribution in [1.82, 2.24) is 0 Å². The van der Waals surface area contributed by atoms with E-state index in [0.717, 1.165) is 0 Å². The number of carbonyl (C=O) groups is 1. The molecule has 56 valence electrons. The van der Waals surface area contributed by atoms with Gasteiger partial charge in [0.05, 0.1) is 0 Å². The molecule has 7 nitrogen and oxygen atoms in total. The summed E-state index contributed by atoms with van der Waals surface area (Å²) in [4.78, 5) is 9.94. The van der Waals surface area contributed by atoms with Gasteiger partial charge >= 0.3 is 27.0 Å². The fraction of sp³-hybridized carbons (Fsp3) is 0. The Kier molecular flexibility index (Phi) is 3.43. The van der Waals surface area contributed by atoms with E-state index < -0.39 is 27.0 Å². The van der Waals surface area contributed by atoms with Crippen LogP contribution in [0.3, 0.4) is 0 Å². The van der Waals surface area contributed by atoms with Crippen LogP contribution in [-0.4, -0.2) is 22.9 Å². The smallest absolute Gasteiger partial charge is 0.241 e. The third kappa shape index (κ3) is 5.05. The highest BCUT2D eigenvalue weighted by Gasteiger charge is 1.92. The van der Waals surface area contributed by atoms with Gasteiger partial charge in [-0.25, -0.2) is 4.79 Å². The Morgan fingerprint density at radius 3 is 1.40 bits per heavy atom. The summed E-state index contributed by atoms with van der Waals surface area (Å²) in [5, 5.41) is 0. The van der Waals surface area contributed by atoms with E-state index in [-0.39, 0.29) is 0 Å². The summed E-state index contributed by atoms with van der Waals surface area (Å²) in [5.74, 6) is 0. The van der Waals surface area contributed by atoms with Crippen LogP contribution >= 0.6 is 0 Å². The highest BCUT2D eigenvalue weighted by Crippen LogP contribution is 1.78. The molecular weight excluding hydrogens is 184 g/mol. The van der Waals surface area contributed by atoms with Crippen LogP contribution in [0.2, 0.25) is 0 Å². The van der Waals surface area contributed by atoms with Crippen molar-refractivity contribution in [2.75, 3.05) is 0 Å². The highest BCUT2D eigenvalue weighted by atomic mass is 32.2. The van der Waals surface area contributed by atoms with Gasteiger partial charge < -0.3 is 0 Å². The predicted molar refractivity (Wildman–Crippen MR) is 28.1 cm³/mol. The van der Waals surface area contributed by atoms with Gasteiger partial charge in [0.25, 0.3) is 0 Å². The van der Waals surface area contributed by atoms with Crippen molar-refractivity contribution in [2.45, 2.75) is 0 Å². The van der Waals surface area contributed by atoms with Crippen LogP contribution < -0.4 is 0 Å². The SMILES string of the molecule is O=C(N=S(=O)=O)N=S(=O)=O. The number of hydrogen-bond donors (Lipinski definition) is 0. The molecule has 0 atom stereocenters. The van der Waals surface area contributed by atoms with Crippen LogP contribution in [0, 0.1) is 0 Å². The number of nitrogens with zero attached hydrogens (tertiary/aromatic N) is 2. The van der Waals surface area contributed by atoms with Gasteiger partial charge in [-0.1, -0.05) is 8.73 Å². The van der Waals surface area contributed by atoms with E-state index in [4.69, 9.17) is 0 Å². The van der Waals surface area contributed by atoms with Crippen molar-refractivity contribution in [2.24, 2.45) is 8.73 Å². The fourth-order valence-electron chi connectivity index (χ4n) is 0.144. The second kappa shape index (κ2) is 3.85. The molecule has 2 amide bonds. The van der Waals surface area contributed by atoms with Crippen molar-refractivity contribution in [3.8, 4) is 0 Å². The van der Waals surface area contributed by atoms with E-state index in [1.165, 1.54) is 0 Å². The minimum atomic E-state index is -2.95. The Morgan fingerprint density at radius 1 is 0.900 bits per heavy atom. The molecule has 0 rings (SSSR count). The van der Waals surface area contributed by atoms with E-state index in [9.17, 15) is 21.6 Å². The lowest BCUT2D eigenvalue weighted by atomic mass is 11.2. The maximum atomic E-state index is 9.94. The van der Waals surface area contributed by atoms with Gasteiger partial charge in [-0.2, -0.15) is 16.8 Å². The number of carbonyl (C=O) groups excluding carboxylic acids is 1. The number of hydrogen-bond acceptors (Lipinski definition) is 5. The number of rotatable bonds is 0.